The lowest BCUT2D eigenvalue weighted by Crippen LogP contribution is -2.10. The molecule has 0 aliphatic carbocycles. The predicted octanol–water partition coefficient (Wildman–Crippen LogP) is 0.333. The van der Waals surface area contributed by atoms with E-state index in [4.69, 9.17) is 5.73 Å². The number of hydrogen-bond donors (Lipinski definition) is 1. The minimum atomic E-state index is -0.145. The lowest BCUT2D eigenvalue weighted by atomic mass is 10.2. The van der Waals surface area contributed by atoms with Crippen molar-refractivity contribution >= 4 is 0 Å². The first-order valence-electron chi connectivity index (χ1n) is 3.99. The SMILES string of the molecule is NCCCc1ccccnc1=O. The summed E-state index contributed by atoms with van der Waals surface area (Å²) < 4.78 is 0. The number of hydrogen-bond acceptors (Lipinski definition) is 3. The van der Waals surface area contributed by atoms with Gasteiger partial charge in [0.05, 0.1) is 0 Å². The molecule has 0 atom stereocenters. The summed E-state index contributed by atoms with van der Waals surface area (Å²) >= 11 is 0. The van der Waals surface area contributed by atoms with Gasteiger partial charge in [-0.25, -0.2) is 4.98 Å². The quantitative estimate of drug-likeness (QED) is 0.700. The fourth-order valence-electron chi connectivity index (χ4n) is 0.969. The summed E-state index contributed by atoms with van der Waals surface area (Å²) in [4.78, 5) is 14.9. The molecule has 0 spiro atoms. The molecular formula is C9H12N2O. The Bertz CT molecular complexity index is 298. The zero-order valence-corrected chi connectivity index (χ0v) is 6.86. The Morgan fingerprint density at radius 3 is 3.00 bits per heavy atom. The molecule has 3 nitrogen and oxygen atoms in total. The monoisotopic (exact) mass is 164 g/mol. The summed E-state index contributed by atoms with van der Waals surface area (Å²) in [5.74, 6) is 0. The van der Waals surface area contributed by atoms with E-state index in [9.17, 15) is 4.79 Å². The van der Waals surface area contributed by atoms with Crippen LogP contribution in [0, 0.1) is 0 Å². The van der Waals surface area contributed by atoms with Crippen LogP contribution in [0.25, 0.3) is 0 Å². The zero-order chi connectivity index (χ0) is 8.81. The second-order valence-corrected chi connectivity index (χ2v) is 2.55. The van der Waals surface area contributed by atoms with Crippen LogP contribution in [-0.2, 0) is 6.42 Å². The van der Waals surface area contributed by atoms with Gasteiger partial charge in [0.15, 0.2) is 0 Å². The molecule has 0 unspecified atom stereocenters. The molecule has 0 bridgehead atoms. The Hall–Kier alpha value is -1.22. The maximum atomic E-state index is 11.2. The van der Waals surface area contributed by atoms with Crippen LogP contribution < -0.4 is 11.3 Å². The van der Waals surface area contributed by atoms with Crippen molar-refractivity contribution in [1.29, 1.82) is 0 Å². The molecule has 1 aromatic rings. The van der Waals surface area contributed by atoms with Gasteiger partial charge in [0.25, 0.3) is 5.56 Å². The number of aryl methyl sites for hydroxylation is 1. The van der Waals surface area contributed by atoms with Gasteiger partial charge in [0.2, 0.25) is 0 Å². The fraction of sp³-hybridized carbons (Fsp3) is 0.333. The van der Waals surface area contributed by atoms with Crippen LogP contribution in [0.5, 0.6) is 0 Å². The van der Waals surface area contributed by atoms with Gasteiger partial charge in [-0.1, -0.05) is 12.1 Å². The van der Waals surface area contributed by atoms with Crippen molar-refractivity contribution in [3.63, 3.8) is 0 Å². The average molecular weight is 164 g/mol. The second kappa shape index (κ2) is 4.62. The number of nitrogens with zero attached hydrogens (tertiary/aromatic N) is 1. The van der Waals surface area contributed by atoms with Crippen molar-refractivity contribution in [3.05, 3.63) is 40.3 Å². The Morgan fingerprint density at radius 1 is 1.42 bits per heavy atom. The largest absolute Gasteiger partial charge is 0.330 e. The van der Waals surface area contributed by atoms with Gasteiger partial charge in [-0.2, -0.15) is 0 Å². The Balaban J connectivity index is 2.86. The normalized spacial score (nSPS) is 9.75. The summed E-state index contributed by atoms with van der Waals surface area (Å²) in [5.41, 5.74) is 5.93. The molecule has 0 aromatic carbocycles. The highest BCUT2D eigenvalue weighted by Crippen LogP contribution is 1.92. The lowest BCUT2D eigenvalue weighted by Gasteiger charge is -1.92. The lowest BCUT2D eigenvalue weighted by molar-refractivity contribution is 0.824. The summed E-state index contributed by atoms with van der Waals surface area (Å²) in [7, 11) is 0. The van der Waals surface area contributed by atoms with E-state index in [1.165, 1.54) is 6.20 Å². The molecule has 12 heavy (non-hydrogen) atoms. The van der Waals surface area contributed by atoms with Gasteiger partial charge in [-0.15, -0.1) is 0 Å². The average Bonchev–Trinajstić information content (AvgIpc) is 2.27. The van der Waals surface area contributed by atoms with Gasteiger partial charge in [-0.3, -0.25) is 4.79 Å². The molecule has 1 aromatic heterocycles. The minimum absolute atomic E-state index is 0.145. The van der Waals surface area contributed by atoms with E-state index in [1.807, 2.05) is 6.07 Å². The third-order valence-electron chi connectivity index (χ3n) is 1.61. The first-order chi connectivity index (χ1) is 5.84. The maximum Gasteiger partial charge on any atom is 0.272 e. The molecular weight excluding hydrogens is 152 g/mol. The van der Waals surface area contributed by atoms with Gasteiger partial charge in [0.1, 0.15) is 0 Å². The maximum absolute atomic E-state index is 11.2. The molecule has 1 heterocycles. The van der Waals surface area contributed by atoms with Gasteiger partial charge in [-0.05, 0) is 25.5 Å². The Labute approximate surface area is 71.3 Å². The molecule has 0 saturated heterocycles. The number of aromatic nitrogens is 1. The van der Waals surface area contributed by atoms with Crippen molar-refractivity contribution in [3.8, 4) is 0 Å². The Morgan fingerprint density at radius 2 is 2.25 bits per heavy atom. The minimum Gasteiger partial charge on any atom is -0.330 e. The van der Waals surface area contributed by atoms with Crippen LogP contribution >= 0.6 is 0 Å². The molecule has 3 heteroatoms. The topological polar surface area (TPSA) is 56.0 Å². The van der Waals surface area contributed by atoms with E-state index >= 15 is 0 Å². The van der Waals surface area contributed by atoms with Crippen LogP contribution in [0.15, 0.2) is 29.2 Å². The smallest absolute Gasteiger partial charge is 0.272 e. The van der Waals surface area contributed by atoms with Crippen LogP contribution in [-0.4, -0.2) is 11.5 Å². The Kier molecular flexibility index (Phi) is 3.41. The van der Waals surface area contributed by atoms with E-state index in [1.54, 1.807) is 12.1 Å². The van der Waals surface area contributed by atoms with E-state index in [2.05, 4.69) is 4.98 Å². The van der Waals surface area contributed by atoms with Crippen LogP contribution in [0.4, 0.5) is 0 Å². The fourth-order valence-corrected chi connectivity index (χ4v) is 0.969. The number of nitrogens with two attached hydrogens (primary N) is 1. The summed E-state index contributed by atoms with van der Waals surface area (Å²) in [6, 6.07) is 5.36. The van der Waals surface area contributed by atoms with E-state index in [0.29, 0.717) is 6.54 Å². The van der Waals surface area contributed by atoms with Gasteiger partial charge >= 0.3 is 0 Å². The van der Waals surface area contributed by atoms with Crippen LogP contribution in [0.1, 0.15) is 12.0 Å². The van der Waals surface area contributed by atoms with E-state index < -0.39 is 0 Å². The van der Waals surface area contributed by atoms with Crippen LogP contribution in [0.2, 0.25) is 0 Å². The van der Waals surface area contributed by atoms with Gasteiger partial charge < -0.3 is 5.73 Å². The van der Waals surface area contributed by atoms with Gasteiger partial charge in [0, 0.05) is 11.8 Å². The molecule has 2 N–H and O–H groups in total. The predicted molar refractivity (Wildman–Crippen MR) is 47.9 cm³/mol. The molecule has 0 fully saturated rings. The van der Waals surface area contributed by atoms with Crippen molar-refractivity contribution in [2.75, 3.05) is 6.54 Å². The highest BCUT2D eigenvalue weighted by molar-refractivity contribution is 5.08. The highest BCUT2D eigenvalue weighted by Gasteiger charge is 1.95. The molecule has 0 aliphatic heterocycles. The first-order valence-corrected chi connectivity index (χ1v) is 3.99. The van der Waals surface area contributed by atoms with Crippen molar-refractivity contribution in [2.24, 2.45) is 5.73 Å². The van der Waals surface area contributed by atoms with E-state index in [-0.39, 0.29) is 5.56 Å². The zero-order valence-electron chi connectivity index (χ0n) is 6.86. The molecule has 1 rings (SSSR count). The second-order valence-electron chi connectivity index (χ2n) is 2.55. The van der Waals surface area contributed by atoms with E-state index in [0.717, 1.165) is 18.4 Å². The molecule has 0 saturated carbocycles. The van der Waals surface area contributed by atoms with Crippen molar-refractivity contribution < 1.29 is 0 Å². The summed E-state index contributed by atoms with van der Waals surface area (Å²) in [6.45, 7) is 0.609. The molecule has 0 radical (unpaired) electrons. The standard InChI is InChI=1S/C9H12N2O/c10-6-3-5-8-4-1-2-7-11-9(8)12/h1-2,4,7H,3,5-6,10H2. The van der Waals surface area contributed by atoms with Crippen molar-refractivity contribution in [2.45, 2.75) is 12.8 Å². The molecule has 64 valence electrons. The number of rotatable bonds is 3. The third kappa shape index (κ3) is 2.43. The van der Waals surface area contributed by atoms with Crippen LogP contribution in [0.3, 0.4) is 0 Å². The summed E-state index contributed by atoms with van der Waals surface area (Å²) in [5, 5.41) is 0. The molecule has 0 aliphatic rings. The van der Waals surface area contributed by atoms with Crippen molar-refractivity contribution in [1.82, 2.24) is 4.98 Å². The first kappa shape index (κ1) is 8.87. The third-order valence-corrected chi connectivity index (χ3v) is 1.61. The summed E-state index contributed by atoms with van der Waals surface area (Å²) in [6.07, 6.45) is 3.06. The molecule has 0 amide bonds. The highest BCUT2D eigenvalue weighted by atomic mass is 16.1.